The Morgan fingerprint density at radius 1 is 1.14 bits per heavy atom. The molecule has 3 aromatic rings. The van der Waals surface area contributed by atoms with Crippen molar-refractivity contribution in [1.29, 1.82) is 0 Å². The normalized spacial score (nSPS) is 10.5. The van der Waals surface area contributed by atoms with Gasteiger partial charge in [-0.3, -0.25) is 4.79 Å². The third-order valence-corrected chi connectivity index (χ3v) is 6.21. The maximum absolute atomic E-state index is 12.7. The monoisotopic (exact) mass is 585 g/mol. The average Bonchev–Trinajstić information content (AvgIpc) is 2.70. The third-order valence-electron chi connectivity index (χ3n) is 4.17. The maximum atomic E-state index is 12.7. The van der Waals surface area contributed by atoms with Crippen molar-refractivity contribution in [3.8, 4) is 11.5 Å². The predicted octanol–water partition coefficient (Wildman–Crippen LogP) is 6.86. The number of nitrogens with one attached hydrogen (secondary N) is 1. The molecule has 0 bridgehead atoms. The van der Waals surface area contributed by atoms with Crippen LogP contribution in [0.1, 0.15) is 21.5 Å². The summed E-state index contributed by atoms with van der Waals surface area (Å²) >= 11 is 11.6. The second-order valence-electron chi connectivity index (χ2n) is 6.35. The molecule has 0 radical (unpaired) electrons. The molecule has 0 saturated heterocycles. The van der Waals surface area contributed by atoms with Crippen LogP contribution in [0.3, 0.4) is 0 Å². The van der Waals surface area contributed by atoms with E-state index in [1.54, 1.807) is 37.4 Å². The molecule has 4 nitrogen and oxygen atoms in total. The fraction of sp³-hybridized carbons (Fsp3) is 0.136. The van der Waals surface area contributed by atoms with Crippen LogP contribution >= 0.6 is 50.1 Å². The highest BCUT2D eigenvalue weighted by Crippen LogP contribution is 2.35. The van der Waals surface area contributed by atoms with E-state index in [9.17, 15) is 4.79 Å². The lowest BCUT2D eigenvalue weighted by atomic mass is 10.1. The molecule has 0 aliphatic carbocycles. The molecule has 0 aromatic heterocycles. The number of methoxy groups -OCH3 is 1. The van der Waals surface area contributed by atoms with Gasteiger partial charge in [0.25, 0.3) is 5.91 Å². The summed E-state index contributed by atoms with van der Waals surface area (Å²) in [6, 6.07) is 16.8. The topological polar surface area (TPSA) is 47.6 Å². The van der Waals surface area contributed by atoms with E-state index in [-0.39, 0.29) is 5.91 Å². The summed E-state index contributed by atoms with van der Waals surface area (Å²) < 4.78 is 13.0. The number of ether oxygens (including phenoxy) is 2. The molecule has 0 saturated carbocycles. The number of carbonyl (C=O) groups excluding carboxylic acids is 1. The minimum absolute atomic E-state index is 0.260. The lowest BCUT2D eigenvalue weighted by Crippen LogP contribution is -2.13. The average molecular weight is 587 g/mol. The lowest BCUT2D eigenvalue weighted by molar-refractivity contribution is 0.102. The zero-order chi connectivity index (χ0) is 21.0. The van der Waals surface area contributed by atoms with Gasteiger partial charge in [0.1, 0.15) is 6.61 Å². The summed E-state index contributed by atoms with van der Waals surface area (Å²) in [5.41, 5.74) is 3.33. The number of carbonyl (C=O) groups is 1. The maximum Gasteiger partial charge on any atom is 0.255 e. The van der Waals surface area contributed by atoms with Crippen molar-refractivity contribution < 1.29 is 14.3 Å². The minimum Gasteiger partial charge on any atom is -0.493 e. The van der Waals surface area contributed by atoms with Gasteiger partial charge in [-0.15, -0.1) is 0 Å². The molecule has 0 atom stereocenters. The van der Waals surface area contributed by atoms with Gasteiger partial charge in [0.15, 0.2) is 11.5 Å². The quantitative estimate of drug-likeness (QED) is 0.321. The number of anilines is 1. The highest BCUT2D eigenvalue weighted by Gasteiger charge is 2.16. The molecule has 0 aliphatic heterocycles. The molecular weight excluding hydrogens is 569 g/mol. The molecule has 150 valence electrons. The Labute approximate surface area is 196 Å². The van der Waals surface area contributed by atoms with Gasteiger partial charge in [0.2, 0.25) is 0 Å². The Morgan fingerprint density at radius 2 is 1.86 bits per heavy atom. The number of halogens is 3. The largest absolute Gasteiger partial charge is 0.493 e. The molecule has 0 fully saturated rings. The van der Waals surface area contributed by atoms with Crippen molar-refractivity contribution in [3.05, 3.63) is 84.4 Å². The van der Waals surface area contributed by atoms with E-state index >= 15 is 0 Å². The summed E-state index contributed by atoms with van der Waals surface area (Å²) in [4.78, 5) is 12.7. The second-order valence-corrected chi connectivity index (χ2v) is 8.77. The molecule has 0 spiro atoms. The molecule has 0 aliphatic rings. The number of amides is 1. The van der Waals surface area contributed by atoms with E-state index in [2.05, 4.69) is 43.8 Å². The van der Waals surface area contributed by atoms with Crippen LogP contribution in [-0.2, 0) is 6.61 Å². The SMILES string of the molecule is COc1cc(C(=O)Nc2ccc(Br)c(Cl)c2)cc(I)c1OCc1ccc(C)cc1. The smallest absolute Gasteiger partial charge is 0.255 e. The first-order valence-corrected chi connectivity index (χ1v) is 10.9. The van der Waals surface area contributed by atoms with Gasteiger partial charge in [-0.2, -0.15) is 0 Å². The summed E-state index contributed by atoms with van der Waals surface area (Å²) in [5.74, 6) is 0.851. The summed E-state index contributed by atoms with van der Waals surface area (Å²) in [6.07, 6.45) is 0. The molecule has 0 heterocycles. The summed E-state index contributed by atoms with van der Waals surface area (Å²) in [5, 5.41) is 3.37. The molecule has 1 N–H and O–H groups in total. The number of benzene rings is 3. The van der Waals surface area contributed by atoms with Crippen LogP contribution in [0.15, 0.2) is 59.1 Å². The Morgan fingerprint density at radius 3 is 2.52 bits per heavy atom. The first-order chi connectivity index (χ1) is 13.9. The highest BCUT2D eigenvalue weighted by atomic mass is 127. The van der Waals surface area contributed by atoms with Crippen LogP contribution in [0.4, 0.5) is 5.69 Å². The first-order valence-electron chi connectivity index (χ1n) is 8.69. The molecule has 7 heteroatoms. The molecule has 0 unspecified atom stereocenters. The van der Waals surface area contributed by atoms with Crippen LogP contribution in [0.5, 0.6) is 11.5 Å². The Balaban J connectivity index is 1.78. The Kier molecular flexibility index (Phi) is 7.43. The van der Waals surface area contributed by atoms with Crippen molar-refractivity contribution in [3.63, 3.8) is 0 Å². The number of rotatable bonds is 6. The van der Waals surface area contributed by atoms with Crippen LogP contribution < -0.4 is 14.8 Å². The van der Waals surface area contributed by atoms with Gasteiger partial charge in [0, 0.05) is 15.7 Å². The van der Waals surface area contributed by atoms with Crippen molar-refractivity contribution in [2.24, 2.45) is 0 Å². The van der Waals surface area contributed by atoms with Crippen LogP contribution in [0.2, 0.25) is 5.02 Å². The second kappa shape index (κ2) is 9.82. The van der Waals surface area contributed by atoms with Crippen LogP contribution in [0, 0.1) is 10.5 Å². The molecule has 3 rings (SSSR count). The lowest BCUT2D eigenvalue weighted by Gasteiger charge is -2.15. The zero-order valence-electron chi connectivity index (χ0n) is 15.8. The van der Waals surface area contributed by atoms with E-state index in [1.807, 2.05) is 31.2 Å². The fourth-order valence-electron chi connectivity index (χ4n) is 2.61. The standard InChI is InChI=1S/C22H18BrClINO3/c1-13-3-5-14(6-4-13)12-29-21-19(25)9-15(10-20(21)28-2)22(27)26-16-7-8-17(23)18(24)11-16/h3-11H,12H2,1-2H3,(H,26,27). The van der Waals surface area contributed by atoms with Gasteiger partial charge in [-0.05, 0) is 81.3 Å². The van der Waals surface area contributed by atoms with Gasteiger partial charge in [0.05, 0.1) is 15.7 Å². The minimum atomic E-state index is -0.260. The van der Waals surface area contributed by atoms with E-state index < -0.39 is 0 Å². The van der Waals surface area contributed by atoms with E-state index in [0.717, 1.165) is 13.6 Å². The van der Waals surface area contributed by atoms with Gasteiger partial charge in [-0.1, -0.05) is 41.4 Å². The van der Waals surface area contributed by atoms with E-state index in [0.29, 0.717) is 34.4 Å². The van der Waals surface area contributed by atoms with E-state index in [1.165, 1.54) is 5.56 Å². The zero-order valence-corrected chi connectivity index (χ0v) is 20.3. The fourth-order valence-corrected chi connectivity index (χ4v) is 3.79. The third kappa shape index (κ3) is 5.65. The first kappa shape index (κ1) is 21.9. The molecule has 29 heavy (non-hydrogen) atoms. The summed E-state index contributed by atoms with van der Waals surface area (Å²) in [7, 11) is 1.56. The number of aryl methyl sites for hydroxylation is 1. The van der Waals surface area contributed by atoms with Crippen molar-refractivity contribution in [2.45, 2.75) is 13.5 Å². The van der Waals surface area contributed by atoms with Crippen LogP contribution in [-0.4, -0.2) is 13.0 Å². The van der Waals surface area contributed by atoms with Gasteiger partial charge in [-0.25, -0.2) is 0 Å². The highest BCUT2D eigenvalue weighted by molar-refractivity contribution is 14.1. The molecule has 3 aromatic carbocycles. The van der Waals surface area contributed by atoms with Gasteiger partial charge >= 0.3 is 0 Å². The number of hydrogen-bond donors (Lipinski definition) is 1. The van der Waals surface area contributed by atoms with E-state index in [4.69, 9.17) is 21.1 Å². The summed E-state index contributed by atoms with van der Waals surface area (Å²) in [6.45, 7) is 2.46. The van der Waals surface area contributed by atoms with Crippen molar-refractivity contribution in [2.75, 3.05) is 12.4 Å². The van der Waals surface area contributed by atoms with Crippen molar-refractivity contribution >= 4 is 61.7 Å². The predicted molar refractivity (Wildman–Crippen MR) is 128 cm³/mol. The van der Waals surface area contributed by atoms with Gasteiger partial charge < -0.3 is 14.8 Å². The molecular formula is C22H18BrClINO3. The Hall–Kier alpha value is -1.77. The van der Waals surface area contributed by atoms with Crippen LogP contribution in [0.25, 0.3) is 0 Å². The Bertz CT molecular complexity index is 1040. The molecule has 1 amide bonds. The number of hydrogen-bond acceptors (Lipinski definition) is 3. The van der Waals surface area contributed by atoms with Crippen molar-refractivity contribution in [1.82, 2.24) is 0 Å².